The van der Waals surface area contributed by atoms with Crippen molar-refractivity contribution < 1.29 is 5.11 Å². The van der Waals surface area contributed by atoms with E-state index in [2.05, 4.69) is 24.4 Å². The second-order valence-electron chi connectivity index (χ2n) is 3.42. The highest BCUT2D eigenvalue weighted by molar-refractivity contribution is 5.25. The van der Waals surface area contributed by atoms with E-state index in [1.54, 1.807) is 0 Å². The summed E-state index contributed by atoms with van der Waals surface area (Å²) in [5, 5.41) is 12.9. The Labute approximate surface area is 86.0 Å². The lowest BCUT2D eigenvalue weighted by Gasteiger charge is -2.12. The van der Waals surface area contributed by atoms with Crippen LogP contribution in [-0.4, -0.2) is 18.2 Å². The number of aliphatic hydroxyl groups is 1. The zero-order valence-corrected chi connectivity index (χ0v) is 8.96. The Morgan fingerprint density at radius 1 is 1.36 bits per heavy atom. The number of hydrogen-bond donors (Lipinski definition) is 2. The van der Waals surface area contributed by atoms with Crippen molar-refractivity contribution in [2.24, 2.45) is 0 Å². The first-order chi connectivity index (χ1) is 6.77. The molecule has 0 aromatic heterocycles. The van der Waals surface area contributed by atoms with E-state index >= 15 is 0 Å². The standard InChI is InChI=1S/C12H19NO/c1-3-10-6-5-7-11(8-10)12(14)9-13-4-2/h5-8,12-14H,3-4,9H2,1-2H3. The van der Waals surface area contributed by atoms with Crippen LogP contribution in [0.25, 0.3) is 0 Å². The minimum Gasteiger partial charge on any atom is -0.387 e. The summed E-state index contributed by atoms with van der Waals surface area (Å²) in [6.07, 6.45) is 0.628. The zero-order valence-electron chi connectivity index (χ0n) is 8.96. The van der Waals surface area contributed by atoms with Crippen LogP contribution in [0.5, 0.6) is 0 Å². The van der Waals surface area contributed by atoms with Crippen molar-refractivity contribution in [1.82, 2.24) is 5.32 Å². The third-order valence-electron chi connectivity index (χ3n) is 2.33. The summed E-state index contributed by atoms with van der Waals surface area (Å²) in [6.45, 7) is 5.68. The molecule has 2 N–H and O–H groups in total. The molecule has 2 nitrogen and oxygen atoms in total. The highest BCUT2D eigenvalue weighted by atomic mass is 16.3. The van der Waals surface area contributed by atoms with Gasteiger partial charge in [0.05, 0.1) is 6.10 Å². The highest BCUT2D eigenvalue weighted by Crippen LogP contribution is 2.14. The minimum atomic E-state index is -0.388. The summed E-state index contributed by atoms with van der Waals surface area (Å²) in [5.74, 6) is 0. The van der Waals surface area contributed by atoms with Gasteiger partial charge in [0.15, 0.2) is 0 Å². The average Bonchev–Trinajstić information content (AvgIpc) is 2.26. The summed E-state index contributed by atoms with van der Waals surface area (Å²) in [6, 6.07) is 8.13. The Hall–Kier alpha value is -0.860. The van der Waals surface area contributed by atoms with E-state index in [0.29, 0.717) is 6.54 Å². The van der Waals surface area contributed by atoms with Crippen LogP contribution in [0.15, 0.2) is 24.3 Å². The molecular weight excluding hydrogens is 174 g/mol. The van der Waals surface area contributed by atoms with Gasteiger partial charge in [-0.05, 0) is 24.1 Å². The maximum absolute atomic E-state index is 9.81. The van der Waals surface area contributed by atoms with Crippen LogP contribution < -0.4 is 5.32 Å². The lowest BCUT2D eigenvalue weighted by atomic mass is 10.0. The molecule has 0 aliphatic rings. The molecule has 1 unspecified atom stereocenters. The number of benzene rings is 1. The van der Waals surface area contributed by atoms with Crippen LogP contribution in [0.2, 0.25) is 0 Å². The molecule has 1 aromatic carbocycles. The van der Waals surface area contributed by atoms with Crippen molar-refractivity contribution in [3.63, 3.8) is 0 Å². The molecule has 1 atom stereocenters. The van der Waals surface area contributed by atoms with Crippen molar-refractivity contribution in [3.05, 3.63) is 35.4 Å². The summed E-state index contributed by atoms with van der Waals surface area (Å²) in [7, 11) is 0. The predicted octanol–water partition coefficient (Wildman–Crippen LogP) is 1.89. The molecule has 0 saturated carbocycles. The molecule has 78 valence electrons. The topological polar surface area (TPSA) is 32.3 Å². The van der Waals surface area contributed by atoms with E-state index in [1.165, 1.54) is 5.56 Å². The van der Waals surface area contributed by atoms with Gasteiger partial charge in [-0.2, -0.15) is 0 Å². The quantitative estimate of drug-likeness (QED) is 0.748. The van der Waals surface area contributed by atoms with E-state index in [4.69, 9.17) is 0 Å². The molecule has 0 fully saturated rings. The van der Waals surface area contributed by atoms with Crippen LogP contribution in [0.3, 0.4) is 0 Å². The molecule has 0 heterocycles. The molecule has 1 rings (SSSR count). The highest BCUT2D eigenvalue weighted by Gasteiger charge is 2.06. The van der Waals surface area contributed by atoms with Crippen LogP contribution in [0.4, 0.5) is 0 Å². The van der Waals surface area contributed by atoms with E-state index in [9.17, 15) is 5.11 Å². The average molecular weight is 193 g/mol. The molecule has 0 saturated heterocycles. The number of aliphatic hydroxyl groups excluding tert-OH is 1. The summed E-state index contributed by atoms with van der Waals surface area (Å²) < 4.78 is 0. The van der Waals surface area contributed by atoms with E-state index in [0.717, 1.165) is 18.5 Å². The van der Waals surface area contributed by atoms with Crippen molar-refractivity contribution in [1.29, 1.82) is 0 Å². The maximum Gasteiger partial charge on any atom is 0.0914 e. The second-order valence-corrected chi connectivity index (χ2v) is 3.42. The summed E-state index contributed by atoms with van der Waals surface area (Å²) in [5.41, 5.74) is 2.28. The van der Waals surface area contributed by atoms with E-state index in [1.807, 2.05) is 19.1 Å². The van der Waals surface area contributed by atoms with Gasteiger partial charge in [-0.1, -0.05) is 38.1 Å². The number of rotatable bonds is 5. The van der Waals surface area contributed by atoms with Crippen LogP contribution in [0.1, 0.15) is 31.1 Å². The van der Waals surface area contributed by atoms with Crippen molar-refractivity contribution >= 4 is 0 Å². The van der Waals surface area contributed by atoms with E-state index in [-0.39, 0.29) is 6.10 Å². The van der Waals surface area contributed by atoms with Crippen LogP contribution >= 0.6 is 0 Å². The molecule has 2 heteroatoms. The molecule has 0 amide bonds. The van der Waals surface area contributed by atoms with Gasteiger partial charge in [0.2, 0.25) is 0 Å². The van der Waals surface area contributed by atoms with Gasteiger partial charge < -0.3 is 10.4 Å². The fourth-order valence-corrected chi connectivity index (χ4v) is 1.42. The third kappa shape index (κ3) is 3.13. The third-order valence-corrected chi connectivity index (χ3v) is 2.33. The van der Waals surface area contributed by atoms with Crippen LogP contribution in [-0.2, 0) is 6.42 Å². The molecule has 0 aliphatic heterocycles. The van der Waals surface area contributed by atoms with Gasteiger partial charge in [0, 0.05) is 6.54 Å². The summed E-state index contributed by atoms with van der Waals surface area (Å²) in [4.78, 5) is 0. The van der Waals surface area contributed by atoms with Crippen molar-refractivity contribution in [3.8, 4) is 0 Å². The molecule has 0 spiro atoms. The Kier molecular flexibility index (Phi) is 4.63. The Balaban J connectivity index is 2.64. The minimum absolute atomic E-state index is 0.388. The van der Waals surface area contributed by atoms with Gasteiger partial charge in [-0.3, -0.25) is 0 Å². The normalized spacial score (nSPS) is 12.8. The smallest absolute Gasteiger partial charge is 0.0914 e. The molecule has 0 aliphatic carbocycles. The van der Waals surface area contributed by atoms with Gasteiger partial charge in [0.1, 0.15) is 0 Å². The van der Waals surface area contributed by atoms with Crippen LogP contribution in [0, 0.1) is 0 Å². The molecular formula is C12H19NO. The fourth-order valence-electron chi connectivity index (χ4n) is 1.42. The zero-order chi connectivity index (χ0) is 10.4. The Morgan fingerprint density at radius 2 is 2.14 bits per heavy atom. The predicted molar refractivity (Wildman–Crippen MR) is 59.3 cm³/mol. The Morgan fingerprint density at radius 3 is 2.79 bits per heavy atom. The number of nitrogens with one attached hydrogen (secondary N) is 1. The molecule has 0 bridgehead atoms. The van der Waals surface area contributed by atoms with Gasteiger partial charge in [0.25, 0.3) is 0 Å². The Bertz CT molecular complexity index is 273. The van der Waals surface area contributed by atoms with Crippen molar-refractivity contribution in [2.75, 3.05) is 13.1 Å². The lowest BCUT2D eigenvalue weighted by molar-refractivity contribution is 0.175. The van der Waals surface area contributed by atoms with Gasteiger partial charge in [-0.15, -0.1) is 0 Å². The number of hydrogen-bond acceptors (Lipinski definition) is 2. The number of likely N-dealkylation sites (N-methyl/N-ethyl adjacent to an activating group) is 1. The summed E-state index contributed by atoms with van der Waals surface area (Å²) >= 11 is 0. The second kappa shape index (κ2) is 5.78. The largest absolute Gasteiger partial charge is 0.387 e. The lowest BCUT2D eigenvalue weighted by Crippen LogP contribution is -2.20. The first-order valence-electron chi connectivity index (χ1n) is 5.25. The first-order valence-corrected chi connectivity index (χ1v) is 5.25. The molecule has 14 heavy (non-hydrogen) atoms. The molecule has 1 aromatic rings. The SMILES string of the molecule is CCNCC(O)c1cccc(CC)c1. The number of aryl methyl sites for hydroxylation is 1. The fraction of sp³-hybridized carbons (Fsp3) is 0.500. The van der Waals surface area contributed by atoms with E-state index < -0.39 is 0 Å². The first kappa shape index (κ1) is 11.2. The van der Waals surface area contributed by atoms with Crippen molar-refractivity contribution in [2.45, 2.75) is 26.4 Å². The van der Waals surface area contributed by atoms with Gasteiger partial charge in [-0.25, -0.2) is 0 Å². The monoisotopic (exact) mass is 193 g/mol. The molecule has 0 radical (unpaired) electrons. The van der Waals surface area contributed by atoms with Gasteiger partial charge >= 0.3 is 0 Å². The maximum atomic E-state index is 9.81.